The van der Waals surface area contributed by atoms with E-state index in [4.69, 9.17) is 0 Å². The predicted octanol–water partition coefficient (Wildman–Crippen LogP) is 3.68. The summed E-state index contributed by atoms with van der Waals surface area (Å²) in [5.41, 5.74) is 4.04. The Morgan fingerprint density at radius 2 is 2.04 bits per heavy atom. The zero-order chi connectivity index (χ0) is 16.9. The summed E-state index contributed by atoms with van der Waals surface area (Å²) in [6.45, 7) is 4.53. The van der Waals surface area contributed by atoms with E-state index >= 15 is 0 Å². The average Bonchev–Trinajstić information content (AvgIpc) is 2.95. The fraction of sp³-hybridized carbons (Fsp3) is 0.211. The van der Waals surface area contributed by atoms with Crippen LogP contribution in [0.25, 0.3) is 10.7 Å². The minimum Gasteiger partial charge on any atom is -0.352 e. The second-order valence-electron chi connectivity index (χ2n) is 5.69. The first-order chi connectivity index (χ1) is 11.6. The molecule has 0 aliphatic rings. The Bertz CT molecular complexity index is 843. The van der Waals surface area contributed by atoms with Crippen molar-refractivity contribution in [2.75, 3.05) is 0 Å². The number of aromatic nitrogens is 2. The SMILES string of the molecule is Cc1cccc(CNC(=O)Cc2sc(-c3ccccn3)nc2C)c1. The van der Waals surface area contributed by atoms with Crippen molar-refractivity contribution in [3.63, 3.8) is 0 Å². The summed E-state index contributed by atoms with van der Waals surface area (Å²) in [6.07, 6.45) is 2.10. The van der Waals surface area contributed by atoms with Crippen molar-refractivity contribution in [1.29, 1.82) is 0 Å². The van der Waals surface area contributed by atoms with E-state index in [0.717, 1.165) is 26.8 Å². The molecule has 0 atom stereocenters. The molecule has 122 valence electrons. The Balaban J connectivity index is 1.63. The molecule has 1 aromatic carbocycles. The van der Waals surface area contributed by atoms with Gasteiger partial charge in [0, 0.05) is 17.6 Å². The van der Waals surface area contributed by atoms with Crippen molar-refractivity contribution in [1.82, 2.24) is 15.3 Å². The van der Waals surface area contributed by atoms with E-state index in [-0.39, 0.29) is 5.91 Å². The smallest absolute Gasteiger partial charge is 0.225 e. The van der Waals surface area contributed by atoms with E-state index in [2.05, 4.69) is 21.4 Å². The minimum atomic E-state index is 0.0100. The largest absolute Gasteiger partial charge is 0.352 e. The maximum absolute atomic E-state index is 12.2. The molecule has 0 bridgehead atoms. The van der Waals surface area contributed by atoms with Gasteiger partial charge in [0.1, 0.15) is 5.01 Å². The summed E-state index contributed by atoms with van der Waals surface area (Å²) in [5, 5.41) is 3.83. The monoisotopic (exact) mass is 337 g/mol. The number of nitrogens with one attached hydrogen (secondary N) is 1. The molecule has 0 spiro atoms. The summed E-state index contributed by atoms with van der Waals surface area (Å²) in [6, 6.07) is 13.9. The number of benzene rings is 1. The number of pyridine rings is 1. The number of hydrogen-bond donors (Lipinski definition) is 1. The van der Waals surface area contributed by atoms with Crippen LogP contribution in [0.4, 0.5) is 0 Å². The standard InChI is InChI=1S/C19H19N3OS/c1-13-6-5-7-15(10-13)12-21-18(23)11-17-14(2)22-19(24-17)16-8-3-4-9-20-16/h3-10H,11-12H2,1-2H3,(H,21,23). The maximum atomic E-state index is 12.2. The van der Waals surface area contributed by atoms with Crippen LogP contribution in [-0.2, 0) is 17.8 Å². The first-order valence-corrected chi connectivity index (χ1v) is 8.63. The Kier molecular flexibility index (Phi) is 5.01. The van der Waals surface area contributed by atoms with Gasteiger partial charge in [-0.3, -0.25) is 9.78 Å². The van der Waals surface area contributed by atoms with Gasteiger partial charge in [0.05, 0.1) is 17.8 Å². The van der Waals surface area contributed by atoms with Gasteiger partial charge in [-0.1, -0.05) is 35.9 Å². The van der Waals surface area contributed by atoms with Crippen molar-refractivity contribution < 1.29 is 4.79 Å². The number of nitrogens with zero attached hydrogens (tertiary/aromatic N) is 2. The summed E-state index contributed by atoms with van der Waals surface area (Å²) in [5.74, 6) is 0.0100. The van der Waals surface area contributed by atoms with Crippen molar-refractivity contribution in [3.05, 3.63) is 70.4 Å². The molecule has 24 heavy (non-hydrogen) atoms. The molecule has 2 aromatic heterocycles. The topological polar surface area (TPSA) is 54.9 Å². The van der Waals surface area contributed by atoms with Crippen LogP contribution in [-0.4, -0.2) is 15.9 Å². The van der Waals surface area contributed by atoms with Gasteiger partial charge in [-0.25, -0.2) is 4.98 Å². The zero-order valence-electron chi connectivity index (χ0n) is 13.7. The Labute approximate surface area is 145 Å². The molecule has 0 aliphatic carbocycles. The second kappa shape index (κ2) is 7.36. The number of thiazole rings is 1. The number of hydrogen-bond acceptors (Lipinski definition) is 4. The van der Waals surface area contributed by atoms with E-state index in [9.17, 15) is 4.79 Å². The lowest BCUT2D eigenvalue weighted by molar-refractivity contribution is -0.120. The molecule has 1 amide bonds. The molecule has 0 radical (unpaired) electrons. The fourth-order valence-electron chi connectivity index (χ4n) is 2.42. The lowest BCUT2D eigenvalue weighted by Gasteiger charge is -2.05. The van der Waals surface area contributed by atoms with Crippen molar-refractivity contribution >= 4 is 17.2 Å². The van der Waals surface area contributed by atoms with Crippen LogP contribution in [0.3, 0.4) is 0 Å². The van der Waals surface area contributed by atoms with Gasteiger partial charge in [-0.15, -0.1) is 11.3 Å². The van der Waals surface area contributed by atoms with Crippen LogP contribution in [0, 0.1) is 13.8 Å². The molecule has 4 nitrogen and oxygen atoms in total. The number of rotatable bonds is 5. The highest BCUT2D eigenvalue weighted by molar-refractivity contribution is 7.15. The van der Waals surface area contributed by atoms with Gasteiger partial charge in [0.25, 0.3) is 0 Å². The highest BCUT2D eigenvalue weighted by atomic mass is 32.1. The summed E-state index contributed by atoms with van der Waals surface area (Å²) < 4.78 is 0. The lowest BCUT2D eigenvalue weighted by atomic mass is 10.1. The molecule has 0 aliphatic heterocycles. The van der Waals surface area contributed by atoms with Crippen LogP contribution in [0.1, 0.15) is 21.7 Å². The third-order valence-electron chi connectivity index (χ3n) is 3.67. The quantitative estimate of drug-likeness (QED) is 0.773. The number of aryl methyl sites for hydroxylation is 2. The van der Waals surface area contributed by atoms with Gasteiger partial charge < -0.3 is 5.32 Å². The average molecular weight is 337 g/mol. The van der Waals surface area contributed by atoms with E-state index in [0.29, 0.717) is 13.0 Å². The molecule has 0 fully saturated rings. The molecule has 0 unspecified atom stereocenters. The fourth-order valence-corrected chi connectivity index (χ4v) is 3.46. The van der Waals surface area contributed by atoms with Gasteiger partial charge in [0.2, 0.25) is 5.91 Å². The number of carbonyl (C=O) groups excluding carboxylic acids is 1. The third kappa shape index (κ3) is 4.06. The molecule has 1 N–H and O–H groups in total. The summed E-state index contributed by atoms with van der Waals surface area (Å²) >= 11 is 1.53. The molecule has 0 saturated heterocycles. The van der Waals surface area contributed by atoms with Crippen molar-refractivity contribution in [2.24, 2.45) is 0 Å². The molecule has 3 aromatic rings. The number of carbonyl (C=O) groups is 1. The third-order valence-corrected chi connectivity index (χ3v) is 4.85. The van der Waals surface area contributed by atoms with E-state index < -0.39 is 0 Å². The first-order valence-electron chi connectivity index (χ1n) is 7.82. The van der Waals surface area contributed by atoms with Crippen LogP contribution < -0.4 is 5.32 Å². The van der Waals surface area contributed by atoms with Crippen molar-refractivity contribution in [3.8, 4) is 10.7 Å². The lowest BCUT2D eigenvalue weighted by Crippen LogP contribution is -2.24. The van der Waals surface area contributed by atoms with E-state index in [1.165, 1.54) is 16.9 Å². The zero-order valence-corrected chi connectivity index (χ0v) is 14.6. The molecule has 2 heterocycles. The van der Waals surface area contributed by atoms with Gasteiger partial charge >= 0.3 is 0 Å². The number of amides is 1. The Hall–Kier alpha value is -2.53. The van der Waals surface area contributed by atoms with Gasteiger partial charge in [-0.05, 0) is 31.5 Å². The van der Waals surface area contributed by atoms with Crippen LogP contribution in [0.15, 0.2) is 48.7 Å². The van der Waals surface area contributed by atoms with Crippen LogP contribution in [0.5, 0.6) is 0 Å². The van der Waals surface area contributed by atoms with Gasteiger partial charge in [-0.2, -0.15) is 0 Å². The molecule has 5 heteroatoms. The van der Waals surface area contributed by atoms with Gasteiger partial charge in [0.15, 0.2) is 0 Å². The molecule has 0 saturated carbocycles. The minimum absolute atomic E-state index is 0.0100. The first kappa shape index (κ1) is 16.3. The normalized spacial score (nSPS) is 10.6. The van der Waals surface area contributed by atoms with E-state index in [1.807, 2.05) is 50.2 Å². The molecular formula is C19H19N3OS. The Morgan fingerprint density at radius 1 is 1.17 bits per heavy atom. The highest BCUT2D eigenvalue weighted by Gasteiger charge is 2.13. The van der Waals surface area contributed by atoms with Crippen molar-refractivity contribution in [2.45, 2.75) is 26.8 Å². The van der Waals surface area contributed by atoms with Crippen LogP contribution in [0.2, 0.25) is 0 Å². The van der Waals surface area contributed by atoms with Crippen LogP contribution >= 0.6 is 11.3 Å². The summed E-state index contributed by atoms with van der Waals surface area (Å²) in [4.78, 5) is 22.1. The predicted molar refractivity (Wildman–Crippen MR) is 96.8 cm³/mol. The summed E-state index contributed by atoms with van der Waals surface area (Å²) in [7, 11) is 0. The molecule has 3 rings (SSSR count). The molecular weight excluding hydrogens is 318 g/mol. The Morgan fingerprint density at radius 3 is 2.79 bits per heavy atom. The van der Waals surface area contributed by atoms with E-state index in [1.54, 1.807) is 6.20 Å². The highest BCUT2D eigenvalue weighted by Crippen LogP contribution is 2.26. The second-order valence-corrected chi connectivity index (χ2v) is 6.77. The maximum Gasteiger partial charge on any atom is 0.225 e.